The average molecular weight is 221 g/mol. The smallest absolute Gasteiger partial charge is 0.307 e. The Bertz CT molecular complexity index is 341. The van der Waals surface area contributed by atoms with Gasteiger partial charge in [0, 0.05) is 13.0 Å². The molecule has 16 heavy (non-hydrogen) atoms. The van der Waals surface area contributed by atoms with Gasteiger partial charge in [-0.3, -0.25) is 9.59 Å². The van der Waals surface area contributed by atoms with Gasteiger partial charge in [0.15, 0.2) is 0 Å². The Labute approximate surface area is 94.7 Å². The summed E-state index contributed by atoms with van der Waals surface area (Å²) in [4.78, 5) is 22.7. The predicted octanol–water partition coefficient (Wildman–Crippen LogP) is 0.793. The molecule has 1 aliphatic carbocycles. The van der Waals surface area contributed by atoms with Crippen molar-refractivity contribution < 1.29 is 14.7 Å². The van der Waals surface area contributed by atoms with E-state index >= 15 is 0 Å². The Hall–Kier alpha value is -1.76. The van der Waals surface area contributed by atoms with Gasteiger partial charge >= 0.3 is 5.97 Å². The number of carboxylic acids is 1. The normalized spacial score (nSPS) is 23.4. The average Bonchev–Trinajstić information content (AvgIpc) is 2.29. The third-order valence-corrected chi connectivity index (χ3v) is 2.65. The zero-order valence-corrected chi connectivity index (χ0v) is 8.98. The number of carbonyl (C=O) groups is 2. The summed E-state index contributed by atoms with van der Waals surface area (Å²) in [5.41, 5.74) is 0. The summed E-state index contributed by atoms with van der Waals surface area (Å²) < 4.78 is 0. The van der Waals surface area contributed by atoms with Gasteiger partial charge in [-0.15, -0.1) is 12.3 Å². The van der Waals surface area contributed by atoms with Gasteiger partial charge in [0.2, 0.25) is 5.91 Å². The largest absolute Gasteiger partial charge is 0.481 e. The summed E-state index contributed by atoms with van der Waals surface area (Å²) in [5.74, 6) is 0.197. The molecule has 1 aliphatic rings. The SMILES string of the molecule is C#CCCNC(=O)[C@@H]1CC=CC[C@@H]1C(=O)O. The fourth-order valence-electron chi connectivity index (χ4n) is 1.77. The summed E-state index contributed by atoms with van der Waals surface area (Å²) in [7, 11) is 0. The number of terminal acetylenes is 1. The maximum absolute atomic E-state index is 11.7. The molecule has 0 spiro atoms. The summed E-state index contributed by atoms with van der Waals surface area (Å²) >= 11 is 0. The lowest BCUT2D eigenvalue weighted by molar-refractivity contribution is -0.147. The molecule has 4 nitrogen and oxygen atoms in total. The van der Waals surface area contributed by atoms with Crippen LogP contribution in [0.25, 0.3) is 0 Å². The molecule has 0 heterocycles. The van der Waals surface area contributed by atoms with E-state index in [-0.39, 0.29) is 5.91 Å². The first kappa shape index (κ1) is 12.3. The van der Waals surface area contributed by atoms with Crippen LogP contribution in [0.15, 0.2) is 12.2 Å². The molecule has 4 heteroatoms. The molecule has 86 valence electrons. The predicted molar refractivity (Wildman–Crippen MR) is 59.4 cm³/mol. The Morgan fingerprint density at radius 1 is 1.38 bits per heavy atom. The second kappa shape index (κ2) is 5.96. The topological polar surface area (TPSA) is 66.4 Å². The van der Waals surface area contributed by atoms with Gasteiger partial charge in [0.05, 0.1) is 11.8 Å². The van der Waals surface area contributed by atoms with E-state index in [0.717, 1.165) is 0 Å². The highest BCUT2D eigenvalue weighted by Gasteiger charge is 2.33. The zero-order chi connectivity index (χ0) is 12.0. The number of carboxylic acid groups (broad SMARTS) is 1. The maximum atomic E-state index is 11.7. The van der Waals surface area contributed by atoms with E-state index in [0.29, 0.717) is 25.8 Å². The van der Waals surface area contributed by atoms with Crippen LogP contribution in [-0.4, -0.2) is 23.5 Å². The van der Waals surface area contributed by atoms with Crippen LogP contribution in [0.5, 0.6) is 0 Å². The molecule has 0 saturated heterocycles. The van der Waals surface area contributed by atoms with Crippen LogP contribution >= 0.6 is 0 Å². The van der Waals surface area contributed by atoms with Crippen molar-refractivity contribution in [1.29, 1.82) is 0 Å². The van der Waals surface area contributed by atoms with Crippen LogP contribution in [0.3, 0.4) is 0 Å². The zero-order valence-electron chi connectivity index (χ0n) is 8.98. The lowest BCUT2D eigenvalue weighted by Gasteiger charge is -2.23. The Kier molecular flexibility index (Phi) is 4.59. The molecule has 1 amide bonds. The molecule has 0 bridgehead atoms. The molecule has 0 aliphatic heterocycles. The van der Waals surface area contributed by atoms with Crippen LogP contribution < -0.4 is 5.32 Å². The number of carbonyl (C=O) groups excluding carboxylic acids is 1. The van der Waals surface area contributed by atoms with Gasteiger partial charge < -0.3 is 10.4 Å². The van der Waals surface area contributed by atoms with E-state index in [1.54, 1.807) is 0 Å². The Morgan fingerprint density at radius 2 is 2.00 bits per heavy atom. The Balaban J connectivity index is 2.56. The minimum atomic E-state index is -0.915. The number of nitrogens with one attached hydrogen (secondary N) is 1. The number of aliphatic carboxylic acids is 1. The standard InChI is InChI=1S/C12H15NO3/c1-2-3-8-13-11(14)9-6-4-5-7-10(9)12(15)16/h1,4-5,9-10H,3,6-8H2,(H,13,14)(H,15,16)/t9-,10+/m1/s1. The van der Waals surface area contributed by atoms with Crippen LogP contribution in [0.4, 0.5) is 0 Å². The van der Waals surface area contributed by atoms with Gasteiger partial charge in [-0.05, 0) is 12.8 Å². The summed E-state index contributed by atoms with van der Waals surface area (Å²) in [5, 5.41) is 11.6. The number of rotatable bonds is 4. The lowest BCUT2D eigenvalue weighted by atomic mass is 9.82. The first-order chi connectivity index (χ1) is 7.66. The van der Waals surface area contributed by atoms with Gasteiger partial charge in [-0.1, -0.05) is 12.2 Å². The third kappa shape index (κ3) is 3.13. The first-order valence-electron chi connectivity index (χ1n) is 5.25. The molecule has 0 radical (unpaired) electrons. The highest BCUT2D eigenvalue weighted by Crippen LogP contribution is 2.25. The van der Waals surface area contributed by atoms with E-state index in [2.05, 4.69) is 11.2 Å². The quantitative estimate of drug-likeness (QED) is 0.419. The van der Waals surface area contributed by atoms with Crippen molar-refractivity contribution in [2.45, 2.75) is 19.3 Å². The lowest BCUT2D eigenvalue weighted by Crippen LogP contribution is -2.39. The van der Waals surface area contributed by atoms with E-state index in [4.69, 9.17) is 11.5 Å². The van der Waals surface area contributed by atoms with Crippen LogP contribution in [-0.2, 0) is 9.59 Å². The fraction of sp³-hybridized carbons (Fsp3) is 0.500. The minimum Gasteiger partial charge on any atom is -0.481 e. The van der Waals surface area contributed by atoms with Crippen molar-refractivity contribution >= 4 is 11.9 Å². The van der Waals surface area contributed by atoms with Crippen LogP contribution in [0.1, 0.15) is 19.3 Å². The molecular weight excluding hydrogens is 206 g/mol. The summed E-state index contributed by atoms with van der Waals surface area (Å²) in [6.45, 7) is 0.405. The first-order valence-corrected chi connectivity index (χ1v) is 5.25. The second-order valence-corrected chi connectivity index (χ2v) is 3.74. The molecule has 2 atom stereocenters. The monoisotopic (exact) mass is 221 g/mol. The van der Waals surface area contributed by atoms with Crippen LogP contribution in [0.2, 0.25) is 0 Å². The molecule has 0 unspecified atom stereocenters. The van der Waals surface area contributed by atoms with Gasteiger partial charge in [-0.2, -0.15) is 0 Å². The molecule has 0 aromatic heterocycles. The number of amides is 1. The fourth-order valence-corrected chi connectivity index (χ4v) is 1.77. The van der Waals surface area contributed by atoms with Crippen molar-refractivity contribution in [3.63, 3.8) is 0 Å². The van der Waals surface area contributed by atoms with Crippen molar-refractivity contribution in [3.05, 3.63) is 12.2 Å². The van der Waals surface area contributed by atoms with E-state index in [9.17, 15) is 9.59 Å². The molecule has 1 rings (SSSR count). The molecule has 0 fully saturated rings. The van der Waals surface area contributed by atoms with Crippen molar-refractivity contribution in [2.75, 3.05) is 6.54 Å². The summed E-state index contributed by atoms with van der Waals surface area (Å²) in [6, 6.07) is 0. The maximum Gasteiger partial charge on any atom is 0.307 e. The van der Waals surface area contributed by atoms with E-state index in [1.807, 2.05) is 12.2 Å². The minimum absolute atomic E-state index is 0.216. The number of hydrogen-bond donors (Lipinski definition) is 2. The molecule has 0 aromatic carbocycles. The van der Waals surface area contributed by atoms with E-state index in [1.165, 1.54) is 0 Å². The molecular formula is C12H15NO3. The number of hydrogen-bond acceptors (Lipinski definition) is 2. The molecule has 2 N–H and O–H groups in total. The highest BCUT2D eigenvalue weighted by molar-refractivity contribution is 5.85. The van der Waals surface area contributed by atoms with E-state index < -0.39 is 17.8 Å². The second-order valence-electron chi connectivity index (χ2n) is 3.74. The van der Waals surface area contributed by atoms with Gasteiger partial charge in [0.1, 0.15) is 0 Å². The van der Waals surface area contributed by atoms with Crippen molar-refractivity contribution in [1.82, 2.24) is 5.32 Å². The molecule has 0 saturated carbocycles. The highest BCUT2D eigenvalue weighted by atomic mass is 16.4. The van der Waals surface area contributed by atoms with Crippen molar-refractivity contribution in [3.8, 4) is 12.3 Å². The van der Waals surface area contributed by atoms with Crippen molar-refractivity contribution in [2.24, 2.45) is 11.8 Å². The van der Waals surface area contributed by atoms with Gasteiger partial charge in [-0.25, -0.2) is 0 Å². The number of allylic oxidation sites excluding steroid dienone is 2. The van der Waals surface area contributed by atoms with Crippen LogP contribution in [0, 0.1) is 24.2 Å². The third-order valence-electron chi connectivity index (χ3n) is 2.65. The van der Waals surface area contributed by atoms with Gasteiger partial charge in [0.25, 0.3) is 0 Å². The molecule has 0 aromatic rings. The summed E-state index contributed by atoms with van der Waals surface area (Å²) in [6.07, 6.45) is 10.1. The Morgan fingerprint density at radius 3 is 2.56 bits per heavy atom.